The molecule has 0 aliphatic rings. The van der Waals surface area contributed by atoms with E-state index in [0.29, 0.717) is 5.56 Å². The summed E-state index contributed by atoms with van der Waals surface area (Å²) in [5.74, 6) is -0.657. The van der Waals surface area contributed by atoms with E-state index in [1.165, 1.54) is 24.3 Å². The maximum atomic E-state index is 13.6. The van der Waals surface area contributed by atoms with E-state index in [9.17, 15) is 12.8 Å². The summed E-state index contributed by atoms with van der Waals surface area (Å²) in [7, 11) is -3.95. The van der Waals surface area contributed by atoms with E-state index in [1.807, 2.05) is 0 Å². The summed E-state index contributed by atoms with van der Waals surface area (Å²) in [5, 5.41) is 8.61. The molecule has 1 aromatic heterocycles. The molecule has 0 spiro atoms. The number of halogens is 1. The molecule has 5 nitrogen and oxygen atoms in total. The van der Waals surface area contributed by atoms with Gasteiger partial charge in [0.2, 0.25) is 0 Å². The highest BCUT2D eigenvalue weighted by atomic mass is 32.2. The number of pyridine rings is 1. The van der Waals surface area contributed by atoms with Crippen molar-refractivity contribution in [1.82, 2.24) is 4.98 Å². The van der Waals surface area contributed by atoms with E-state index >= 15 is 0 Å². The summed E-state index contributed by atoms with van der Waals surface area (Å²) in [6.07, 6.45) is 1.05. The lowest BCUT2D eigenvalue weighted by molar-refractivity contribution is 0.598. The van der Waals surface area contributed by atoms with Gasteiger partial charge in [0.1, 0.15) is 22.5 Å². The number of nitrogens with one attached hydrogen (secondary N) is 1. The number of hydrogen-bond donors (Lipinski definition) is 1. The van der Waals surface area contributed by atoms with E-state index in [4.69, 9.17) is 5.26 Å². The lowest BCUT2D eigenvalue weighted by atomic mass is 10.2. The van der Waals surface area contributed by atoms with Crippen LogP contribution < -0.4 is 4.72 Å². The summed E-state index contributed by atoms with van der Waals surface area (Å²) in [6, 6.07) is 8.56. The fourth-order valence-corrected chi connectivity index (χ4v) is 2.64. The molecule has 0 fully saturated rings. The normalized spacial score (nSPS) is 10.8. The first-order valence-corrected chi connectivity index (χ1v) is 7.06. The minimum absolute atomic E-state index is 0.100. The highest BCUT2D eigenvalue weighted by molar-refractivity contribution is 7.92. The smallest absolute Gasteiger partial charge is 0.263 e. The van der Waals surface area contributed by atoms with Gasteiger partial charge in [0.25, 0.3) is 10.0 Å². The molecular weight excluding hydrogens is 281 g/mol. The van der Waals surface area contributed by atoms with Crippen molar-refractivity contribution in [1.29, 1.82) is 5.26 Å². The molecule has 0 saturated carbocycles. The summed E-state index contributed by atoms with van der Waals surface area (Å²) in [5.41, 5.74) is 0.470. The first kappa shape index (κ1) is 14.0. The molecule has 1 heterocycles. The van der Waals surface area contributed by atoms with Crippen molar-refractivity contribution < 1.29 is 12.8 Å². The number of hydrogen-bond acceptors (Lipinski definition) is 4. The second-order valence-electron chi connectivity index (χ2n) is 4.03. The average molecular weight is 291 g/mol. The molecule has 0 amide bonds. The fraction of sp³-hybridized carbons (Fsp3) is 0.0769. The highest BCUT2D eigenvalue weighted by Crippen LogP contribution is 2.22. The number of sulfonamides is 1. The Hall–Kier alpha value is -2.46. The van der Waals surface area contributed by atoms with Gasteiger partial charge < -0.3 is 0 Å². The summed E-state index contributed by atoms with van der Waals surface area (Å²) < 4.78 is 40.0. The van der Waals surface area contributed by atoms with Crippen molar-refractivity contribution in [2.75, 3.05) is 4.72 Å². The SMILES string of the molecule is Cc1cccc(F)c1NS(=O)(=O)c1ccc(C#N)nc1. The zero-order chi connectivity index (χ0) is 14.8. The quantitative estimate of drug-likeness (QED) is 0.939. The maximum absolute atomic E-state index is 13.6. The van der Waals surface area contributed by atoms with Gasteiger partial charge in [-0.25, -0.2) is 17.8 Å². The Balaban J connectivity index is 2.38. The van der Waals surface area contributed by atoms with Crippen LogP contribution >= 0.6 is 0 Å². The van der Waals surface area contributed by atoms with Gasteiger partial charge in [0, 0.05) is 6.20 Å². The van der Waals surface area contributed by atoms with Crippen molar-refractivity contribution in [2.24, 2.45) is 0 Å². The molecule has 2 aromatic rings. The fourth-order valence-electron chi connectivity index (χ4n) is 1.56. The topological polar surface area (TPSA) is 82.9 Å². The van der Waals surface area contributed by atoms with E-state index in [-0.39, 0.29) is 16.3 Å². The predicted molar refractivity (Wildman–Crippen MR) is 70.9 cm³/mol. The van der Waals surface area contributed by atoms with Crippen LogP contribution in [-0.4, -0.2) is 13.4 Å². The van der Waals surface area contributed by atoms with Crippen LogP contribution in [-0.2, 0) is 10.0 Å². The number of nitriles is 1. The molecule has 0 unspecified atom stereocenters. The Bertz CT molecular complexity index is 760. The molecule has 2 rings (SSSR count). The molecule has 7 heteroatoms. The molecule has 1 aromatic carbocycles. The Kier molecular flexibility index (Phi) is 3.68. The van der Waals surface area contributed by atoms with Gasteiger partial charge in [0.05, 0.1) is 5.69 Å². The molecule has 0 bridgehead atoms. The van der Waals surface area contributed by atoms with Gasteiger partial charge in [-0.05, 0) is 30.7 Å². The van der Waals surface area contributed by atoms with Crippen molar-refractivity contribution in [3.63, 3.8) is 0 Å². The van der Waals surface area contributed by atoms with Crippen molar-refractivity contribution >= 4 is 15.7 Å². The highest BCUT2D eigenvalue weighted by Gasteiger charge is 2.18. The van der Waals surface area contributed by atoms with Crippen LogP contribution in [0, 0.1) is 24.1 Å². The standard InChI is InChI=1S/C13H10FN3O2S/c1-9-3-2-4-12(14)13(9)17-20(18,19)11-6-5-10(7-15)16-8-11/h2-6,8,17H,1H3. The molecule has 102 valence electrons. The van der Waals surface area contributed by atoms with Crippen LogP contribution in [0.5, 0.6) is 0 Å². The first-order valence-electron chi connectivity index (χ1n) is 5.58. The van der Waals surface area contributed by atoms with Crippen molar-refractivity contribution in [3.05, 3.63) is 53.6 Å². The largest absolute Gasteiger partial charge is 0.276 e. The number of nitrogens with zero attached hydrogens (tertiary/aromatic N) is 2. The molecule has 0 aliphatic heterocycles. The molecule has 0 aliphatic carbocycles. The summed E-state index contributed by atoms with van der Waals surface area (Å²) in [4.78, 5) is 3.54. The summed E-state index contributed by atoms with van der Waals surface area (Å²) >= 11 is 0. The van der Waals surface area contributed by atoms with Crippen LogP contribution in [0.3, 0.4) is 0 Å². The zero-order valence-electron chi connectivity index (χ0n) is 10.5. The van der Waals surface area contributed by atoms with Crippen molar-refractivity contribution in [2.45, 2.75) is 11.8 Å². The second kappa shape index (κ2) is 5.27. The molecule has 0 saturated heterocycles. The predicted octanol–water partition coefficient (Wildman–Crippen LogP) is 2.20. The van der Waals surface area contributed by atoms with Crippen LogP contribution in [0.15, 0.2) is 41.4 Å². The second-order valence-corrected chi connectivity index (χ2v) is 5.71. The van der Waals surface area contributed by atoms with Gasteiger partial charge in [-0.15, -0.1) is 0 Å². The molecule has 20 heavy (non-hydrogen) atoms. The summed E-state index contributed by atoms with van der Waals surface area (Å²) in [6.45, 7) is 1.60. The third-order valence-corrected chi connectivity index (χ3v) is 3.95. The van der Waals surface area contributed by atoms with Gasteiger partial charge in [-0.1, -0.05) is 12.1 Å². The van der Waals surface area contributed by atoms with Gasteiger partial charge in [-0.2, -0.15) is 5.26 Å². The van der Waals surface area contributed by atoms with E-state index in [0.717, 1.165) is 6.20 Å². The Labute approximate surface area is 115 Å². The van der Waals surface area contributed by atoms with Gasteiger partial charge >= 0.3 is 0 Å². The third kappa shape index (κ3) is 2.75. The van der Waals surface area contributed by atoms with Crippen molar-refractivity contribution in [3.8, 4) is 6.07 Å². The van der Waals surface area contributed by atoms with Gasteiger partial charge in [-0.3, -0.25) is 4.72 Å². The number of anilines is 1. The number of aryl methyl sites for hydroxylation is 1. The monoisotopic (exact) mass is 291 g/mol. The first-order chi connectivity index (χ1) is 9.44. The Morgan fingerprint density at radius 1 is 1.30 bits per heavy atom. The van der Waals surface area contributed by atoms with Crippen LogP contribution in [0.1, 0.15) is 11.3 Å². The number of rotatable bonds is 3. The number of aromatic nitrogens is 1. The Morgan fingerprint density at radius 2 is 2.05 bits per heavy atom. The Morgan fingerprint density at radius 3 is 2.60 bits per heavy atom. The van der Waals surface area contributed by atoms with E-state index in [1.54, 1.807) is 19.1 Å². The maximum Gasteiger partial charge on any atom is 0.263 e. The number of para-hydroxylation sites is 1. The van der Waals surface area contributed by atoms with E-state index in [2.05, 4.69) is 9.71 Å². The minimum Gasteiger partial charge on any atom is -0.276 e. The minimum atomic E-state index is -3.95. The average Bonchev–Trinajstić information content (AvgIpc) is 2.43. The lowest BCUT2D eigenvalue weighted by Gasteiger charge is -2.11. The van der Waals surface area contributed by atoms with E-state index < -0.39 is 15.8 Å². The zero-order valence-corrected chi connectivity index (χ0v) is 11.3. The van der Waals surface area contributed by atoms with Crippen LogP contribution in [0.25, 0.3) is 0 Å². The van der Waals surface area contributed by atoms with Gasteiger partial charge in [0.15, 0.2) is 0 Å². The molecular formula is C13H10FN3O2S. The molecule has 0 atom stereocenters. The number of benzene rings is 1. The third-order valence-electron chi connectivity index (χ3n) is 2.62. The van der Waals surface area contributed by atoms with Crippen LogP contribution in [0.4, 0.5) is 10.1 Å². The molecule has 0 radical (unpaired) electrons. The molecule has 1 N–H and O–H groups in total. The lowest BCUT2D eigenvalue weighted by Crippen LogP contribution is -2.15. The van der Waals surface area contributed by atoms with Crippen LogP contribution in [0.2, 0.25) is 0 Å².